The fourth-order valence-electron chi connectivity index (χ4n) is 1.30. The largest absolute Gasteiger partial charge is 0.481 e. The van der Waals surface area contributed by atoms with Crippen LogP contribution in [0, 0.1) is 17.8 Å². The van der Waals surface area contributed by atoms with Gasteiger partial charge in [-0.2, -0.15) is 0 Å². The Balaban J connectivity index is 2.51. The minimum Gasteiger partial charge on any atom is -0.481 e. The van der Waals surface area contributed by atoms with Gasteiger partial charge in [-0.3, -0.25) is 4.79 Å². The number of hydrogen-bond acceptors (Lipinski definition) is 2. The summed E-state index contributed by atoms with van der Waals surface area (Å²) in [6.07, 6.45) is 1.60. The van der Waals surface area contributed by atoms with Crippen LogP contribution in [0.2, 0.25) is 0 Å². The van der Waals surface area contributed by atoms with E-state index in [-0.39, 0.29) is 24.4 Å². The first-order chi connectivity index (χ1) is 4.72. The minimum absolute atomic E-state index is 0.0116. The van der Waals surface area contributed by atoms with Crippen molar-refractivity contribution in [1.82, 2.24) is 0 Å². The van der Waals surface area contributed by atoms with E-state index in [0.29, 0.717) is 0 Å². The third-order valence-electron chi connectivity index (χ3n) is 2.00. The second kappa shape index (κ2) is 2.42. The predicted molar refractivity (Wildman–Crippen MR) is 35.4 cm³/mol. The van der Waals surface area contributed by atoms with Crippen LogP contribution in [0.3, 0.4) is 0 Å². The highest BCUT2D eigenvalue weighted by atomic mass is 16.4. The first kappa shape index (κ1) is 7.28. The monoisotopic (exact) mass is 142 g/mol. The molecule has 0 aromatic heterocycles. The Bertz CT molecular complexity index is 164. The lowest BCUT2D eigenvalue weighted by Gasteiger charge is -1.84. The van der Waals surface area contributed by atoms with Gasteiger partial charge in [0.05, 0.1) is 5.92 Å². The van der Waals surface area contributed by atoms with Gasteiger partial charge in [0.2, 0.25) is 0 Å². The first-order valence-corrected chi connectivity index (χ1v) is 3.18. The van der Waals surface area contributed by atoms with Crippen LogP contribution in [0.1, 0.15) is 0 Å². The van der Waals surface area contributed by atoms with Gasteiger partial charge in [-0.1, -0.05) is 6.08 Å². The lowest BCUT2D eigenvalue weighted by Crippen LogP contribution is -2.01. The van der Waals surface area contributed by atoms with E-state index in [4.69, 9.17) is 10.2 Å². The summed E-state index contributed by atoms with van der Waals surface area (Å²) >= 11 is 0. The predicted octanol–water partition coefficient (Wildman–Crippen LogP) is 0.112. The summed E-state index contributed by atoms with van der Waals surface area (Å²) in [5.74, 6) is -1.32. The van der Waals surface area contributed by atoms with Gasteiger partial charge in [-0.05, 0) is 5.92 Å². The Morgan fingerprint density at radius 3 is 2.40 bits per heavy atom. The molecule has 0 aromatic rings. The van der Waals surface area contributed by atoms with E-state index >= 15 is 0 Å². The van der Waals surface area contributed by atoms with E-state index in [1.807, 2.05) is 0 Å². The molecule has 3 atom stereocenters. The topological polar surface area (TPSA) is 57.5 Å². The maximum absolute atomic E-state index is 10.3. The zero-order valence-corrected chi connectivity index (χ0v) is 5.53. The molecule has 0 aliphatic heterocycles. The molecular formula is C7H10O3. The molecule has 1 aliphatic rings. The van der Waals surface area contributed by atoms with Crippen LogP contribution in [-0.2, 0) is 4.79 Å². The first-order valence-electron chi connectivity index (χ1n) is 3.18. The van der Waals surface area contributed by atoms with Gasteiger partial charge < -0.3 is 10.2 Å². The number of carboxylic acid groups (broad SMARTS) is 1. The van der Waals surface area contributed by atoms with Crippen molar-refractivity contribution < 1.29 is 15.0 Å². The summed E-state index contributed by atoms with van der Waals surface area (Å²) < 4.78 is 0. The molecule has 10 heavy (non-hydrogen) atoms. The van der Waals surface area contributed by atoms with Gasteiger partial charge in [0, 0.05) is 12.5 Å². The van der Waals surface area contributed by atoms with Crippen LogP contribution in [-0.4, -0.2) is 22.8 Å². The van der Waals surface area contributed by atoms with E-state index in [1.54, 1.807) is 6.08 Å². The molecule has 0 spiro atoms. The van der Waals surface area contributed by atoms with Crippen molar-refractivity contribution in [3.8, 4) is 0 Å². The summed E-state index contributed by atoms with van der Waals surface area (Å²) in [7, 11) is 0. The Morgan fingerprint density at radius 2 is 2.30 bits per heavy atom. The fraction of sp³-hybridized carbons (Fsp3) is 0.571. The molecule has 0 saturated heterocycles. The average Bonchev–Trinajstić information content (AvgIpc) is 2.60. The molecule has 0 heterocycles. The van der Waals surface area contributed by atoms with Crippen LogP contribution in [0.15, 0.2) is 12.7 Å². The normalized spacial score (nSPS) is 37.1. The van der Waals surface area contributed by atoms with Gasteiger partial charge in [-0.15, -0.1) is 6.58 Å². The second-order valence-electron chi connectivity index (χ2n) is 2.52. The fourth-order valence-corrected chi connectivity index (χ4v) is 1.30. The number of carboxylic acids is 1. The van der Waals surface area contributed by atoms with E-state index < -0.39 is 5.97 Å². The Kier molecular flexibility index (Phi) is 1.76. The molecule has 1 saturated carbocycles. The van der Waals surface area contributed by atoms with Crippen molar-refractivity contribution in [1.29, 1.82) is 0 Å². The third kappa shape index (κ3) is 0.926. The molecule has 3 unspecified atom stereocenters. The number of carbonyl (C=O) groups is 1. The lowest BCUT2D eigenvalue weighted by atomic mass is 10.3. The number of aliphatic carboxylic acids is 1. The zero-order valence-electron chi connectivity index (χ0n) is 5.53. The van der Waals surface area contributed by atoms with Crippen LogP contribution >= 0.6 is 0 Å². The highest BCUT2D eigenvalue weighted by Gasteiger charge is 2.52. The van der Waals surface area contributed by atoms with Crippen molar-refractivity contribution in [2.75, 3.05) is 6.61 Å². The van der Waals surface area contributed by atoms with Gasteiger partial charge in [0.1, 0.15) is 0 Å². The number of allylic oxidation sites excluding steroid dienone is 1. The van der Waals surface area contributed by atoms with E-state index in [9.17, 15) is 4.79 Å². The van der Waals surface area contributed by atoms with Crippen molar-refractivity contribution in [2.45, 2.75) is 0 Å². The number of hydrogen-bond donors (Lipinski definition) is 2. The van der Waals surface area contributed by atoms with Crippen LogP contribution in [0.25, 0.3) is 0 Å². The summed E-state index contributed by atoms with van der Waals surface area (Å²) in [4.78, 5) is 10.3. The molecule has 1 aliphatic carbocycles. The molecule has 3 nitrogen and oxygen atoms in total. The van der Waals surface area contributed by atoms with Crippen LogP contribution in [0.4, 0.5) is 0 Å². The smallest absolute Gasteiger partial charge is 0.307 e. The molecule has 1 rings (SSSR count). The Labute approximate surface area is 59.0 Å². The van der Waals surface area contributed by atoms with Gasteiger partial charge >= 0.3 is 5.97 Å². The van der Waals surface area contributed by atoms with Crippen molar-refractivity contribution in [2.24, 2.45) is 17.8 Å². The number of aliphatic hydroxyl groups excluding tert-OH is 1. The quantitative estimate of drug-likeness (QED) is 0.550. The summed E-state index contributed by atoms with van der Waals surface area (Å²) in [5, 5.41) is 17.1. The molecular weight excluding hydrogens is 132 g/mol. The minimum atomic E-state index is -0.830. The number of aliphatic hydroxyl groups is 1. The zero-order chi connectivity index (χ0) is 7.72. The summed E-state index contributed by atoms with van der Waals surface area (Å²) in [6, 6.07) is 0. The molecule has 3 heteroatoms. The highest BCUT2D eigenvalue weighted by molar-refractivity contribution is 5.74. The molecule has 0 radical (unpaired) electrons. The molecule has 1 fully saturated rings. The standard InChI is InChI=1S/C7H10O3/c1-2-4-5(3-8)6(4)7(9)10/h2,4-6,8H,1,3H2,(H,9,10). The van der Waals surface area contributed by atoms with Crippen LogP contribution in [0.5, 0.6) is 0 Å². The van der Waals surface area contributed by atoms with E-state index in [0.717, 1.165) is 0 Å². The van der Waals surface area contributed by atoms with Gasteiger partial charge in [-0.25, -0.2) is 0 Å². The third-order valence-corrected chi connectivity index (χ3v) is 2.00. The Hall–Kier alpha value is -0.830. The second-order valence-corrected chi connectivity index (χ2v) is 2.52. The maximum atomic E-state index is 10.3. The molecule has 2 N–H and O–H groups in total. The van der Waals surface area contributed by atoms with Gasteiger partial charge in [0.15, 0.2) is 0 Å². The maximum Gasteiger partial charge on any atom is 0.307 e. The molecule has 0 aromatic carbocycles. The summed E-state index contributed by atoms with van der Waals surface area (Å²) in [6.45, 7) is 3.43. The number of rotatable bonds is 3. The van der Waals surface area contributed by atoms with E-state index in [2.05, 4.69) is 6.58 Å². The average molecular weight is 142 g/mol. The van der Waals surface area contributed by atoms with Crippen molar-refractivity contribution >= 4 is 5.97 Å². The Morgan fingerprint density at radius 1 is 1.70 bits per heavy atom. The highest BCUT2D eigenvalue weighted by Crippen LogP contribution is 2.46. The van der Waals surface area contributed by atoms with E-state index in [1.165, 1.54) is 0 Å². The lowest BCUT2D eigenvalue weighted by molar-refractivity contribution is -0.139. The molecule has 0 bridgehead atoms. The van der Waals surface area contributed by atoms with Crippen LogP contribution < -0.4 is 0 Å². The molecule has 0 amide bonds. The van der Waals surface area contributed by atoms with Crippen molar-refractivity contribution in [3.05, 3.63) is 12.7 Å². The molecule has 56 valence electrons. The van der Waals surface area contributed by atoms with Gasteiger partial charge in [0.25, 0.3) is 0 Å². The SMILES string of the molecule is C=CC1C(CO)C1C(=O)O. The summed E-state index contributed by atoms with van der Waals surface area (Å²) in [5.41, 5.74) is 0. The van der Waals surface area contributed by atoms with Crippen molar-refractivity contribution in [3.63, 3.8) is 0 Å².